The van der Waals surface area contributed by atoms with Gasteiger partial charge in [-0.15, -0.1) is 0 Å². The Labute approximate surface area is 108 Å². The molecular formula is C11H10ClFN4O. The highest BCUT2D eigenvalue weighted by Crippen LogP contribution is 2.33. The Bertz CT molecular complexity index is 510. The van der Waals surface area contributed by atoms with E-state index in [-0.39, 0.29) is 35.5 Å². The van der Waals surface area contributed by atoms with Crippen LogP contribution in [0, 0.1) is 11.7 Å². The van der Waals surface area contributed by atoms with Crippen LogP contribution >= 0.6 is 11.6 Å². The molecule has 0 N–H and O–H groups in total. The average Bonchev–Trinajstić information content (AvgIpc) is 2.68. The van der Waals surface area contributed by atoms with Crippen molar-refractivity contribution in [3.63, 3.8) is 0 Å². The van der Waals surface area contributed by atoms with E-state index < -0.39 is 5.82 Å². The van der Waals surface area contributed by atoms with Gasteiger partial charge in [0.2, 0.25) is 5.91 Å². The Morgan fingerprint density at radius 2 is 2.39 bits per heavy atom. The van der Waals surface area contributed by atoms with Crippen LogP contribution in [-0.2, 0) is 4.79 Å². The number of anilines is 1. The van der Waals surface area contributed by atoms with E-state index in [2.05, 4.69) is 10.0 Å². The van der Waals surface area contributed by atoms with Gasteiger partial charge in [0.25, 0.3) is 0 Å². The van der Waals surface area contributed by atoms with Crippen molar-refractivity contribution >= 4 is 23.2 Å². The molecular weight excluding hydrogens is 259 g/mol. The summed E-state index contributed by atoms with van der Waals surface area (Å²) in [5, 5.41) is 3.64. The lowest BCUT2D eigenvalue weighted by Gasteiger charge is -2.18. The molecule has 0 aliphatic carbocycles. The van der Waals surface area contributed by atoms with Crippen LogP contribution in [0.1, 0.15) is 6.42 Å². The Morgan fingerprint density at radius 3 is 3.06 bits per heavy atom. The number of rotatable bonds is 3. The molecule has 1 aromatic rings. The first-order valence-corrected chi connectivity index (χ1v) is 5.76. The molecule has 1 aliphatic rings. The summed E-state index contributed by atoms with van der Waals surface area (Å²) < 4.78 is 13.7. The van der Waals surface area contributed by atoms with Gasteiger partial charge in [-0.1, -0.05) is 22.8 Å². The number of hydrogen-bond donors (Lipinski definition) is 0. The topological polar surface area (TPSA) is 69.1 Å². The molecule has 2 rings (SSSR count). The average molecular weight is 269 g/mol. The summed E-state index contributed by atoms with van der Waals surface area (Å²) in [7, 11) is 0. The second kappa shape index (κ2) is 5.25. The number of carbonyl (C=O) groups is 1. The van der Waals surface area contributed by atoms with Crippen LogP contribution in [0.4, 0.5) is 10.1 Å². The molecule has 18 heavy (non-hydrogen) atoms. The number of azide groups is 1. The molecule has 94 valence electrons. The van der Waals surface area contributed by atoms with Crippen LogP contribution in [0.3, 0.4) is 0 Å². The van der Waals surface area contributed by atoms with Gasteiger partial charge in [0.05, 0.1) is 10.7 Å². The van der Waals surface area contributed by atoms with Gasteiger partial charge >= 0.3 is 0 Å². The first kappa shape index (κ1) is 12.7. The molecule has 0 saturated carbocycles. The van der Waals surface area contributed by atoms with Gasteiger partial charge in [-0.05, 0) is 23.6 Å². The van der Waals surface area contributed by atoms with Crippen LogP contribution in [0.5, 0.6) is 0 Å². The van der Waals surface area contributed by atoms with E-state index in [1.54, 1.807) is 0 Å². The number of hydrogen-bond acceptors (Lipinski definition) is 2. The van der Waals surface area contributed by atoms with E-state index in [0.29, 0.717) is 6.54 Å². The molecule has 1 aromatic carbocycles. The van der Waals surface area contributed by atoms with Crippen LogP contribution in [-0.4, -0.2) is 19.0 Å². The largest absolute Gasteiger partial charge is 0.308 e. The number of halogens is 2. The number of para-hydroxylation sites is 1. The van der Waals surface area contributed by atoms with Crippen molar-refractivity contribution in [2.24, 2.45) is 11.0 Å². The van der Waals surface area contributed by atoms with E-state index in [4.69, 9.17) is 17.1 Å². The first-order chi connectivity index (χ1) is 8.63. The molecule has 1 saturated heterocycles. The standard InChI is InChI=1S/C11H10ClFN4O/c12-8-2-1-3-9(13)11(8)17-6-7(4-10(17)18)5-15-16-14/h1-3,7H,4-6H2. The number of amides is 1. The summed E-state index contributed by atoms with van der Waals surface area (Å²) in [5.41, 5.74) is 8.35. The Balaban J connectivity index is 2.24. The fourth-order valence-electron chi connectivity index (χ4n) is 2.02. The minimum absolute atomic E-state index is 0.0935. The fourth-order valence-corrected chi connectivity index (χ4v) is 2.28. The monoisotopic (exact) mass is 268 g/mol. The Hall–Kier alpha value is -1.78. The minimum atomic E-state index is -0.528. The van der Waals surface area contributed by atoms with Gasteiger partial charge in [0, 0.05) is 24.4 Å². The lowest BCUT2D eigenvalue weighted by atomic mass is 10.1. The van der Waals surface area contributed by atoms with Gasteiger partial charge in [0.1, 0.15) is 5.82 Å². The third-order valence-electron chi connectivity index (χ3n) is 2.82. The maximum Gasteiger partial charge on any atom is 0.227 e. The van der Waals surface area contributed by atoms with Gasteiger partial charge in [0.15, 0.2) is 0 Å². The van der Waals surface area contributed by atoms with E-state index in [1.807, 2.05) is 0 Å². The molecule has 0 bridgehead atoms. The highest BCUT2D eigenvalue weighted by Gasteiger charge is 2.32. The van der Waals surface area contributed by atoms with Crippen molar-refractivity contribution in [2.75, 3.05) is 18.0 Å². The highest BCUT2D eigenvalue weighted by molar-refractivity contribution is 6.33. The van der Waals surface area contributed by atoms with Crippen LogP contribution in [0.25, 0.3) is 10.4 Å². The van der Waals surface area contributed by atoms with E-state index in [1.165, 1.54) is 23.1 Å². The predicted molar refractivity (Wildman–Crippen MR) is 65.9 cm³/mol. The van der Waals surface area contributed by atoms with Crippen molar-refractivity contribution in [1.82, 2.24) is 0 Å². The zero-order valence-corrected chi connectivity index (χ0v) is 10.1. The quantitative estimate of drug-likeness (QED) is 0.472. The maximum absolute atomic E-state index is 13.7. The Kier molecular flexibility index (Phi) is 3.69. The van der Waals surface area contributed by atoms with Crippen molar-refractivity contribution in [3.8, 4) is 0 Å². The van der Waals surface area contributed by atoms with E-state index >= 15 is 0 Å². The summed E-state index contributed by atoms with van der Waals surface area (Å²) >= 11 is 5.91. The zero-order chi connectivity index (χ0) is 13.1. The molecule has 1 atom stereocenters. The molecule has 1 fully saturated rings. The third kappa shape index (κ3) is 2.39. The normalized spacial score (nSPS) is 18.9. The summed E-state index contributed by atoms with van der Waals surface area (Å²) in [5.74, 6) is -0.829. The molecule has 0 aromatic heterocycles. The molecule has 0 spiro atoms. The smallest absolute Gasteiger partial charge is 0.227 e. The van der Waals surface area contributed by atoms with Crippen LogP contribution in [0.15, 0.2) is 23.3 Å². The molecule has 7 heteroatoms. The van der Waals surface area contributed by atoms with Crippen molar-refractivity contribution in [2.45, 2.75) is 6.42 Å². The molecule has 1 aliphatic heterocycles. The van der Waals surface area contributed by atoms with Crippen LogP contribution < -0.4 is 4.90 Å². The fraction of sp³-hybridized carbons (Fsp3) is 0.364. The maximum atomic E-state index is 13.7. The van der Waals surface area contributed by atoms with Gasteiger partial charge in [-0.2, -0.15) is 0 Å². The molecule has 1 unspecified atom stereocenters. The van der Waals surface area contributed by atoms with Crippen molar-refractivity contribution < 1.29 is 9.18 Å². The second-order valence-corrected chi connectivity index (χ2v) is 4.47. The van der Waals surface area contributed by atoms with E-state index in [0.717, 1.165) is 0 Å². The predicted octanol–water partition coefficient (Wildman–Crippen LogP) is 3.14. The summed E-state index contributed by atoms with van der Waals surface area (Å²) in [4.78, 5) is 15.8. The zero-order valence-electron chi connectivity index (χ0n) is 9.38. The SMILES string of the molecule is [N-]=[N+]=NCC1CC(=O)N(c2c(F)cccc2Cl)C1. The lowest BCUT2D eigenvalue weighted by molar-refractivity contribution is -0.117. The minimum Gasteiger partial charge on any atom is -0.308 e. The molecule has 1 heterocycles. The summed E-state index contributed by atoms with van der Waals surface area (Å²) in [6.45, 7) is 0.545. The highest BCUT2D eigenvalue weighted by atomic mass is 35.5. The number of carbonyl (C=O) groups excluding carboxylic acids is 1. The van der Waals surface area contributed by atoms with Gasteiger partial charge in [-0.25, -0.2) is 4.39 Å². The van der Waals surface area contributed by atoms with Crippen molar-refractivity contribution in [3.05, 3.63) is 39.5 Å². The second-order valence-electron chi connectivity index (χ2n) is 4.06. The summed E-state index contributed by atoms with van der Waals surface area (Å²) in [6, 6.07) is 4.28. The molecule has 1 amide bonds. The van der Waals surface area contributed by atoms with Gasteiger partial charge < -0.3 is 4.90 Å². The Morgan fingerprint density at radius 1 is 1.61 bits per heavy atom. The first-order valence-electron chi connectivity index (χ1n) is 5.38. The number of benzene rings is 1. The van der Waals surface area contributed by atoms with Crippen molar-refractivity contribution in [1.29, 1.82) is 0 Å². The number of nitrogens with zero attached hydrogens (tertiary/aromatic N) is 4. The van der Waals surface area contributed by atoms with Crippen LogP contribution in [0.2, 0.25) is 5.02 Å². The molecule has 5 nitrogen and oxygen atoms in total. The lowest BCUT2D eigenvalue weighted by Crippen LogP contribution is -2.26. The third-order valence-corrected chi connectivity index (χ3v) is 3.12. The summed E-state index contributed by atoms with van der Waals surface area (Å²) in [6.07, 6.45) is 0.240. The van der Waals surface area contributed by atoms with Gasteiger partial charge in [-0.3, -0.25) is 4.79 Å². The molecule has 0 radical (unpaired) electrons. The van der Waals surface area contributed by atoms with E-state index in [9.17, 15) is 9.18 Å².